The molecule has 1 N–H and O–H groups in total. The van der Waals surface area contributed by atoms with E-state index in [1.54, 1.807) is 0 Å². The summed E-state index contributed by atoms with van der Waals surface area (Å²) in [6.45, 7) is 0.754. The fourth-order valence-electron chi connectivity index (χ4n) is 2.05. The third-order valence-corrected chi connectivity index (χ3v) is 6.27. The van der Waals surface area contributed by atoms with Crippen LogP contribution in [-0.2, 0) is 14.3 Å². The Labute approximate surface area is 129 Å². The fraction of sp³-hybridized carbons (Fsp3) is 0.857. The van der Waals surface area contributed by atoms with Gasteiger partial charge in [-0.25, -0.2) is 0 Å². The highest BCUT2D eigenvalue weighted by Crippen LogP contribution is 2.39. The molecule has 1 rings (SSSR count). The third kappa shape index (κ3) is 8.74. The molecule has 116 valence electrons. The summed E-state index contributed by atoms with van der Waals surface area (Å²) in [6, 6.07) is 0. The van der Waals surface area contributed by atoms with Gasteiger partial charge in [0.15, 0.2) is 0 Å². The van der Waals surface area contributed by atoms with E-state index in [-0.39, 0.29) is 11.9 Å². The highest BCUT2D eigenvalue weighted by molar-refractivity contribution is 8.77. The van der Waals surface area contributed by atoms with Crippen LogP contribution in [0.25, 0.3) is 0 Å². The molecule has 0 aromatic heterocycles. The van der Waals surface area contributed by atoms with Gasteiger partial charge in [-0.2, -0.15) is 0 Å². The second-order valence-electron chi connectivity index (χ2n) is 4.96. The van der Waals surface area contributed by atoms with Crippen molar-refractivity contribution in [1.29, 1.82) is 0 Å². The minimum atomic E-state index is -0.249. The Morgan fingerprint density at radius 1 is 1.20 bits per heavy atom. The first-order chi connectivity index (χ1) is 9.72. The number of methoxy groups -OCH3 is 1. The number of nitrogens with one attached hydrogen (secondary N) is 1. The van der Waals surface area contributed by atoms with Gasteiger partial charge in [-0.1, -0.05) is 34.4 Å². The molecule has 1 saturated heterocycles. The first-order valence-electron chi connectivity index (χ1n) is 7.34. The lowest BCUT2D eigenvalue weighted by Gasteiger charge is -2.07. The highest BCUT2D eigenvalue weighted by atomic mass is 33.1. The standard InChI is InChI=1S/C14H25NO3S2/c1-18-14(17)8-5-7-13(16)15-10-4-2-3-6-12-9-11-19-20-12/h12H,2-11H2,1H3,(H,15,16). The van der Waals surface area contributed by atoms with Crippen LogP contribution in [-0.4, -0.2) is 36.5 Å². The van der Waals surface area contributed by atoms with Crippen molar-refractivity contribution in [1.82, 2.24) is 5.32 Å². The number of rotatable bonds is 10. The molecule has 0 saturated carbocycles. The maximum atomic E-state index is 11.5. The number of esters is 1. The van der Waals surface area contributed by atoms with E-state index in [0.29, 0.717) is 19.3 Å². The monoisotopic (exact) mass is 319 g/mol. The quantitative estimate of drug-likeness (QED) is 0.381. The van der Waals surface area contributed by atoms with Gasteiger partial charge in [0.25, 0.3) is 0 Å². The molecule has 1 heterocycles. The van der Waals surface area contributed by atoms with E-state index in [1.165, 1.54) is 38.5 Å². The molecule has 6 heteroatoms. The summed E-state index contributed by atoms with van der Waals surface area (Å²) in [4.78, 5) is 22.4. The molecule has 0 aromatic carbocycles. The number of carbonyl (C=O) groups excluding carboxylic acids is 2. The number of carbonyl (C=O) groups is 2. The molecule has 0 spiro atoms. The van der Waals surface area contributed by atoms with Gasteiger partial charge in [-0.05, 0) is 25.7 Å². The molecule has 0 radical (unpaired) electrons. The predicted octanol–water partition coefficient (Wildman–Crippen LogP) is 3.16. The number of hydrogen-bond donors (Lipinski definition) is 1. The van der Waals surface area contributed by atoms with Gasteiger partial charge in [0.1, 0.15) is 0 Å². The molecule has 20 heavy (non-hydrogen) atoms. The van der Waals surface area contributed by atoms with Crippen molar-refractivity contribution in [2.75, 3.05) is 19.4 Å². The summed E-state index contributed by atoms with van der Waals surface area (Å²) in [5.41, 5.74) is 0. The van der Waals surface area contributed by atoms with Crippen LogP contribution in [0.5, 0.6) is 0 Å². The van der Waals surface area contributed by atoms with Crippen molar-refractivity contribution in [2.24, 2.45) is 0 Å². The van der Waals surface area contributed by atoms with Crippen LogP contribution in [0.4, 0.5) is 0 Å². The van der Waals surface area contributed by atoms with Crippen molar-refractivity contribution < 1.29 is 14.3 Å². The Bertz CT molecular complexity index is 294. The third-order valence-electron chi connectivity index (χ3n) is 3.26. The molecule has 1 unspecified atom stereocenters. The summed E-state index contributed by atoms with van der Waals surface area (Å²) in [7, 11) is 5.39. The van der Waals surface area contributed by atoms with Gasteiger partial charge in [0.2, 0.25) is 5.91 Å². The normalized spacial score (nSPS) is 17.9. The SMILES string of the molecule is COC(=O)CCCC(=O)NCCCCCC1CCSS1. The Kier molecular flexibility index (Phi) is 10.0. The van der Waals surface area contributed by atoms with Crippen LogP contribution in [0.1, 0.15) is 51.4 Å². The zero-order valence-electron chi connectivity index (χ0n) is 12.2. The van der Waals surface area contributed by atoms with Crippen LogP contribution >= 0.6 is 21.6 Å². The van der Waals surface area contributed by atoms with Crippen molar-refractivity contribution in [3.05, 3.63) is 0 Å². The average Bonchev–Trinajstić information content (AvgIpc) is 2.95. The first kappa shape index (κ1) is 17.7. The molecule has 4 nitrogen and oxygen atoms in total. The summed E-state index contributed by atoms with van der Waals surface area (Å²) in [5, 5.41) is 3.76. The van der Waals surface area contributed by atoms with E-state index in [9.17, 15) is 9.59 Å². The largest absolute Gasteiger partial charge is 0.469 e. The maximum absolute atomic E-state index is 11.5. The zero-order valence-corrected chi connectivity index (χ0v) is 13.8. The van der Waals surface area contributed by atoms with Gasteiger partial charge < -0.3 is 10.1 Å². The van der Waals surface area contributed by atoms with Gasteiger partial charge >= 0.3 is 5.97 Å². The van der Waals surface area contributed by atoms with Crippen LogP contribution in [0.2, 0.25) is 0 Å². The molecule has 0 aromatic rings. The van der Waals surface area contributed by atoms with Crippen LogP contribution in [0.15, 0.2) is 0 Å². The zero-order chi connectivity index (χ0) is 14.6. The Hall–Kier alpha value is -0.360. The Morgan fingerprint density at radius 3 is 2.75 bits per heavy atom. The summed E-state index contributed by atoms with van der Waals surface area (Å²) >= 11 is 0. The van der Waals surface area contributed by atoms with Crippen LogP contribution < -0.4 is 5.32 Å². The molecule has 1 aliphatic heterocycles. The maximum Gasteiger partial charge on any atom is 0.305 e. The lowest BCUT2D eigenvalue weighted by Crippen LogP contribution is -2.24. The first-order valence-corrected chi connectivity index (χ1v) is 9.72. The number of unbranched alkanes of at least 4 members (excludes halogenated alkanes) is 2. The van der Waals surface area contributed by atoms with Crippen molar-refractivity contribution in [2.45, 2.75) is 56.6 Å². The topological polar surface area (TPSA) is 55.4 Å². The molecule has 1 fully saturated rings. The van der Waals surface area contributed by atoms with E-state index in [4.69, 9.17) is 0 Å². The molecule has 0 aliphatic carbocycles. The predicted molar refractivity (Wildman–Crippen MR) is 85.8 cm³/mol. The molecule has 1 aliphatic rings. The van der Waals surface area contributed by atoms with Gasteiger partial charge in [0, 0.05) is 30.4 Å². The second kappa shape index (κ2) is 11.3. The summed E-state index contributed by atoms with van der Waals surface area (Å²) in [6.07, 6.45) is 7.45. The molecule has 0 bridgehead atoms. The minimum Gasteiger partial charge on any atom is -0.469 e. The molecule has 1 atom stereocenters. The lowest BCUT2D eigenvalue weighted by molar-refractivity contribution is -0.140. The highest BCUT2D eigenvalue weighted by Gasteiger charge is 2.15. The fourth-order valence-corrected chi connectivity index (χ4v) is 5.08. The molecular weight excluding hydrogens is 294 g/mol. The smallest absolute Gasteiger partial charge is 0.305 e. The van der Waals surface area contributed by atoms with E-state index >= 15 is 0 Å². The van der Waals surface area contributed by atoms with Crippen LogP contribution in [0, 0.1) is 0 Å². The van der Waals surface area contributed by atoms with Crippen molar-refractivity contribution in [3.63, 3.8) is 0 Å². The number of ether oxygens (including phenoxy) is 1. The number of hydrogen-bond acceptors (Lipinski definition) is 5. The number of amides is 1. The molecule has 1 amide bonds. The average molecular weight is 319 g/mol. The van der Waals surface area contributed by atoms with E-state index in [1.807, 2.05) is 21.6 Å². The molecular formula is C14H25NO3S2. The van der Waals surface area contributed by atoms with E-state index < -0.39 is 0 Å². The second-order valence-corrected chi connectivity index (χ2v) is 7.75. The Morgan fingerprint density at radius 2 is 2.05 bits per heavy atom. The van der Waals surface area contributed by atoms with Gasteiger partial charge in [-0.3, -0.25) is 9.59 Å². The van der Waals surface area contributed by atoms with Crippen molar-refractivity contribution in [3.8, 4) is 0 Å². The van der Waals surface area contributed by atoms with Gasteiger partial charge in [-0.15, -0.1) is 0 Å². The summed E-state index contributed by atoms with van der Waals surface area (Å²) in [5.74, 6) is 1.09. The minimum absolute atomic E-state index is 0.0386. The van der Waals surface area contributed by atoms with E-state index in [2.05, 4.69) is 10.1 Å². The van der Waals surface area contributed by atoms with E-state index in [0.717, 1.165) is 18.2 Å². The van der Waals surface area contributed by atoms with Crippen LogP contribution in [0.3, 0.4) is 0 Å². The van der Waals surface area contributed by atoms with Gasteiger partial charge in [0.05, 0.1) is 7.11 Å². The van der Waals surface area contributed by atoms with Crippen molar-refractivity contribution >= 4 is 33.5 Å². The summed E-state index contributed by atoms with van der Waals surface area (Å²) < 4.78 is 4.53. The Balaban J connectivity index is 1.85. The lowest BCUT2D eigenvalue weighted by atomic mass is 10.1.